The van der Waals surface area contributed by atoms with E-state index in [0.29, 0.717) is 15.7 Å². The average Bonchev–Trinajstić information content (AvgIpc) is 1.81. The van der Waals surface area contributed by atoms with Crippen molar-refractivity contribution in [3.63, 3.8) is 0 Å². The van der Waals surface area contributed by atoms with Gasteiger partial charge in [0.25, 0.3) is 57.2 Å². The van der Waals surface area contributed by atoms with Crippen LogP contribution in [0.4, 0.5) is 15.3 Å². The second-order valence-corrected chi connectivity index (χ2v) is 21.2. The monoisotopic (exact) mass is 1680 g/mol. The number of ether oxygens (including phenoxy) is 3. The molecule has 7 amide bonds. The molecule has 0 atom stereocenters. The number of carboxylic acid groups (broad SMARTS) is 1. The van der Waals surface area contributed by atoms with Crippen molar-refractivity contribution in [3.8, 4) is 17.6 Å². The Balaban J connectivity index is -0.0000000841. The number of amides is 7. The molecule has 39 nitrogen and oxygen atoms in total. The van der Waals surface area contributed by atoms with Crippen molar-refractivity contribution in [1.82, 2.24) is 25.4 Å². The number of sulfone groups is 1. The van der Waals surface area contributed by atoms with Gasteiger partial charge in [-0.2, -0.15) is 21.0 Å². The fourth-order valence-electron chi connectivity index (χ4n) is 3.52. The van der Waals surface area contributed by atoms with Gasteiger partial charge < -0.3 is 51.2 Å². The Kier molecular flexibility index (Phi) is 94.6. The molecule has 0 spiro atoms. The number of Topliss-reactive ketones (excluding diaryl/α,β-unsaturated/α-hetero) is 1. The minimum absolute atomic E-state index is 0. The third kappa shape index (κ3) is 95.6. The molecule has 2 aromatic rings. The molecule has 2 saturated heterocycles. The first kappa shape index (κ1) is 117. The number of carboxylic acids is 1. The topological polar surface area (TPSA) is 580 Å². The summed E-state index contributed by atoms with van der Waals surface area (Å²) < 4.78 is 56.2. The minimum atomic E-state index is -3.16. The fourth-order valence-corrected chi connectivity index (χ4v) is 4.74. The van der Waals surface area contributed by atoms with E-state index in [9.17, 15) is 79.7 Å². The molecule has 0 aliphatic carbocycles. The van der Waals surface area contributed by atoms with Crippen LogP contribution in [0.25, 0.3) is 10.4 Å². The number of aliphatic carboxylic acids is 1. The number of nitro groups is 1. The summed E-state index contributed by atoms with van der Waals surface area (Å²) in [6, 6.07) is 11.0. The summed E-state index contributed by atoms with van der Waals surface area (Å²) in [4.78, 5) is 162. The number of carbonyl (C=O) groups is 13. The van der Waals surface area contributed by atoms with E-state index < -0.39 is 72.8 Å². The molecule has 3 aliphatic heterocycles. The Hall–Kier alpha value is -8.86. The number of hydrazine groups is 1. The normalized spacial score (nSPS) is 10.8. The van der Waals surface area contributed by atoms with Gasteiger partial charge in [-0.1, -0.05) is 33.6 Å². The number of methoxy groups -OCH3 is 2. The van der Waals surface area contributed by atoms with Gasteiger partial charge in [-0.05, 0) is 101 Å². The van der Waals surface area contributed by atoms with Crippen molar-refractivity contribution in [2.24, 2.45) is 22.6 Å². The Labute approximate surface area is 603 Å². The van der Waals surface area contributed by atoms with Crippen LogP contribution >= 0.6 is 34.2 Å². The zero-order valence-electron chi connectivity index (χ0n) is 58.0. The van der Waals surface area contributed by atoms with Crippen LogP contribution in [0.15, 0.2) is 82.4 Å². The van der Waals surface area contributed by atoms with E-state index >= 15 is 0 Å². The Bertz CT molecular complexity index is 3000. The summed E-state index contributed by atoms with van der Waals surface area (Å²) in [5, 5.41) is 23.5. The molecule has 8 N–H and O–H groups in total. The number of benzene rings is 1. The molecule has 0 bridgehead atoms. The number of imide groups is 3. The summed E-state index contributed by atoms with van der Waals surface area (Å²) in [5.41, 5.74) is 14.2. The number of nitro benzene ring substituents is 1. The van der Waals surface area contributed by atoms with Crippen molar-refractivity contribution in [2.45, 2.75) is 86.1 Å². The number of aromatic nitrogens is 1. The maximum Gasteiger partial charge on any atom is 0.533 e. The number of carbonyl (C=O) groups excluding carboxylic acids is 12. The summed E-state index contributed by atoms with van der Waals surface area (Å²) >= 11 is 3.53. The van der Waals surface area contributed by atoms with Crippen molar-refractivity contribution in [1.29, 1.82) is 0 Å². The molecule has 2 fully saturated rings. The predicted octanol–water partition coefficient (Wildman–Crippen LogP) is 4.62. The molecule has 0 unspecified atom stereocenters. The largest absolute Gasteiger partial charge is 0.533 e. The van der Waals surface area contributed by atoms with Crippen molar-refractivity contribution in [2.75, 3.05) is 74.6 Å². The number of thiol groups is 1. The molecule has 0 radical (unpaired) electrons. The first-order valence-electron chi connectivity index (χ1n) is 25.7. The number of azide groups is 1. The van der Waals surface area contributed by atoms with Crippen LogP contribution in [0, 0.1) is 28.9 Å². The van der Waals surface area contributed by atoms with E-state index in [0.717, 1.165) is 62.2 Å². The fraction of sp³-hybridized carbons (Fsp3) is 0.426. The van der Waals surface area contributed by atoms with Gasteiger partial charge in [-0.25, -0.2) is 39.5 Å². The standard InChI is InChI=1S/C8H7NO5.C6H7NO5.C6H7NO4.C6H7NO2.C6H7NS2.C4H6.C3H6O2S.C3H5O.C2H6N2O.C2H6O3S.C2H4O2.C2H4O.CH3N3.CH5NO.CH5N.CH4S.W/c1-13-8(10)14-7-4-2-6(3-5-7)9(11)12;1-11-6(10)12-7-4(8)2-3-5(7)9;1-4(8)11-7-5(9)2-3-6(7)10;1-4-3-5(8)7(2)6(4)9;1-8-9-6-4-2-3-5-7-6;1-3-4-2;1-3-6(2,4)5;1-3(2)4;1-2(5)4-3;1-5-6(2,3)4;1-2(3)4;1-2-3;1-3-4-2;1-3-2;2*1-2;/h2-5H,1H3;2-3H2,1H3;2-3H2,1H3;3H,1-2H3;2-5H,1H3;1-2H3;3H,1H2,2H3;1H2,2H3;3H2,1H3,(H,4,5);1-2H3;1H3,(H,3,4);2H,1H3;1H3;2H2,1H3;2H2,1H3;2H,1H3;/q;;;;;;;-1;;;;;;;;;. The molecule has 564 valence electrons. The summed E-state index contributed by atoms with van der Waals surface area (Å²) in [7, 11) is 6.48. The third-order valence-electron chi connectivity index (χ3n) is 7.25. The van der Waals surface area contributed by atoms with Gasteiger partial charge in [0.05, 0.1) is 39.6 Å². The maximum atomic E-state index is 10.8. The first-order chi connectivity index (χ1) is 45.5. The molecule has 99 heavy (non-hydrogen) atoms. The molecular weight excluding hydrogens is 1590 g/mol. The number of hydrogen-bond donors (Lipinski definition) is 6. The van der Waals surface area contributed by atoms with Gasteiger partial charge in [-0.3, -0.25) is 67.8 Å². The number of likely N-dealkylation sites (N-methyl/N-ethyl adjacent to an activating group) is 1. The maximum absolute atomic E-state index is 10.8. The first-order valence-corrected chi connectivity index (χ1v) is 33.0. The number of pyridine rings is 1. The number of hydroxylamine groups is 4. The SMILES string of the molecule is C=CS(C)(=O)=O.CC#CC.CC(=O)NN.CC(=O)O.CC(=O)ON1C(=O)CCC1=O.CC1=CC(=O)N(C)C1=O.CC=O.CN.CN=[N+]=[N-].COC(=O)ON1C(=O)CCC1=O.COC(=O)Oc1ccc([N+](=O)[O-])cc1.CON.COS(C)(=O)=O.CS.CSSc1ccccn1.[CH2-]C(C)=O.[W]. The van der Waals surface area contributed by atoms with Crippen LogP contribution in [-0.4, -0.2) is 199 Å². The molecule has 4 heterocycles. The van der Waals surface area contributed by atoms with E-state index in [2.05, 4.69) is 103 Å². The number of nitrogens with zero attached hydrogens (tertiary/aromatic N) is 8. The zero-order chi connectivity index (χ0) is 79.8. The molecule has 3 aliphatic rings. The quantitative estimate of drug-likeness (QED) is 0.0166. The third-order valence-corrected chi connectivity index (χ3v) is 10.0. The van der Waals surface area contributed by atoms with Gasteiger partial charge in [0.15, 0.2) is 9.84 Å². The number of non-ortho nitro benzene ring substituents is 1. The van der Waals surface area contributed by atoms with E-state index in [1.165, 1.54) is 86.5 Å². The average molecular weight is 1680 g/mol. The Morgan fingerprint density at radius 2 is 1.18 bits per heavy atom. The Morgan fingerprint density at radius 3 is 1.37 bits per heavy atom. The predicted molar refractivity (Wildman–Crippen MR) is 365 cm³/mol. The number of hydrogen-bond acceptors (Lipinski definition) is 34. The van der Waals surface area contributed by atoms with Gasteiger partial charge in [0, 0.05) is 128 Å². The number of ketones is 1. The van der Waals surface area contributed by atoms with Crippen LogP contribution in [0.3, 0.4) is 0 Å². The van der Waals surface area contributed by atoms with Crippen molar-refractivity contribution < 1.29 is 143 Å². The van der Waals surface area contributed by atoms with Crippen LogP contribution in [-0.2, 0) is 122 Å². The van der Waals surface area contributed by atoms with Gasteiger partial charge >= 0.3 is 18.3 Å². The van der Waals surface area contributed by atoms with E-state index in [1.54, 1.807) is 41.0 Å². The van der Waals surface area contributed by atoms with Crippen LogP contribution in [0.2, 0.25) is 0 Å². The van der Waals surface area contributed by atoms with Gasteiger partial charge in [0.1, 0.15) is 17.1 Å². The summed E-state index contributed by atoms with van der Waals surface area (Å²) in [6.07, 6.45) is 8.20. The Morgan fingerprint density at radius 1 is 0.848 bits per heavy atom. The zero-order valence-corrected chi connectivity index (χ0v) is 65.0. The van der Waals surface area contributed by atoms with E-state index in [-0.39, 0.29) is 81.7 Å². The molecule has 5 rings (SSSR count). The molecule has 1 aromatic carbocycles. The van der Waals surface area contributed by atoms with Crippen LogP contribution in [0.1, 0.15) is 81.1 Å². The number of aldehydes is 1. The van der Waals surface area contributed by atoms with Crippen molar-refractivity contribution in [3.05, 3.63) is 99.8 Å². The second kappa shape index (κ2) is 79.8. The summed E-state index contributed by atoms with van der Waals surface area (Å²) in [5.74, 6) is 10.3. The van der Waals surface area contributed by atoms with Crippen molar-refractivity contribution >= 4 is 138 Å². The number of nitrogens with one attached hydrogen (secondary N) is 1. The minimum Gasteiger partial charge on any atom is -0.481 e. The molecular formula is C54H89N12O27S5W-. The number of rotatable bonds is 8. The summed E-state index contributed by atoms with van der Waals surface area (Å²) in [6.45, 7) is 17.7. The molecule has 45 heteroatoms. The van der Waals surface area contributed by atoms with E-state index in [4.69, 9.17) is 20.2 Å². The molecule has 1 aromatic heterocycles. The van der Waals surface area contributed by atoms with Gasteiger partial charge in [0.2, 0.25) is 5.91 Å². The van der Waals surface area contributed by atoms with E-state index in [1.807, 2.05) is 43.7 Å². The smallest absolute Gasteiger partial charge is 0.481 e. The van der Waals surface area contributed by atoms with Crippen LogP contribution in [0.5, 0.6) is 5.75 Å². The number of nitrogens with two attached hydrogens (primary N) is 3. The van der Waals surface area contributed by atoms with Gasteiger partial charge in [-0.15, -0.1) is 16.9 Å². The molecule has 0 saturated carbocycles. The van der Waals surface area contributed by atoms with Crippen LogP contribution < -0.4 is 27.6 Å². The second-order valence-electron chi connectivity index (χ2n) is 15.1.